The molecule has 1 atom stereocenters. The van der Waals surface area contributed by atoms with E-state index in [0.29, 0.717) is 24.3 Å². The molecule has 2 N–H and O–H groups in total. The molecule has 0 saturated carbocycles. The van der Waals surface area contributed by atoms with Crippen LogP contribution in [-0.4, -0.2) is 45.2 Å². The fourth-order valence-electron chi connectivity index (χ4n) is 3.53. The second-order valence-electron chi connectivity index (χ2n) is 6.93. The molecule has 0 aliphatic carbocycles. The summed E-state index contributed by atoms with van der Waals surface area (Å²) < 4.78 is 0. The predicted molar refractivity (Wildman–Crippen MR) is 99.6 cm³/mol. The molecule has 0 unspecified atom stereocenters. The van der Waals surface area contributed by atoms with Crippen molar-refractivity contribution in [3.8, 4) is 0 Å². The van der Waals surface area contributed by atoms with E-state index in [2.05, 4.69) is 17.1 Å². The number of amides is 1. The maximum absolute atomic E-state index is 12.6. The number of hydrogen-bond donors (Lipinski definition) is 2. The Morgan fingerprint density at radius 1 is 1.15 bits per heavy atom. The van der Waals surface area contributed by atoms with Crippen molar-refractivity contribution in [1.82, 2.24) is 9.88 Å². The smallest absolute Gasteiger partial charge is 0.272 e. The number of piperidine rings is 1. The average molecular weight is 354 g/mol. The first-order valence-electron chi connectivity index (χ1n) is 9.24. The summed E-state index contributed by atoms with van der Waals surface area (Å²) in [4.78, 5) is 18.5. The molecule has 138 valence electrons. The van der Waals surface area contributed by atoms with E-state index in [1.54, 1.807) is 23.2 Å². The molecule has 2 aromatic rings. The predicted octanol–water partition coefficient (Wildman–Crippen LogP) is 2.42. The molecule has 0 bridgehead atoms. The van der Waals surface area contributed by atoms with Gasteiger partial charge in [-0.3, -0.25) is 9.78 Å². The van der Waals surface area contributed by atoms with E-state index in [1.165, 1.54) is 5.56 Å². The monoisotopic (exact) mass is 354 g/mol. The minimum Gasteiger partial charge on any atom is -0.393 e. The van der Waals surface area contributed by atoms with E-state index in [4.69, 9.17) is 0 Å². The summed E-state index contributed by atoms with van der Waals surface area (Å²) >= 11 is 0. The zero-order valence-corrected chi connectivity index (χ0v) is 14.9. The highest BCUT2D eigenvalue weighted by Crippen LogP contribution is 2.24. The fraction of sp³-hybridized carbons (Fsp3) is 0.429. The largest absolute Gasteiger partial charge is 0.393 e. The van der Waals surface area contributed by atoms with Crippen LogP contribution in [0.25, 0.3) is 0 Å². The van der Waals surface area contributed by atoms with Crippen molar-refractivity contribution in [2.45, 2.75) is 38.4 Å². The molecule has 5 nitrogen and oxygen atoms in total. The van der Waals surface area contributed by atoms with Crippen molar-refractivity contribution in [1.29, 1.82) is 0 Å². The van der Waals surface area contributed by atoms with Gasteiger partial charge in [-0.15, -0.1) is 0 Å². The van der Waals surface area contributed by atoms with Crippen molar-refractivity contribution in [2.75, 3.05) is 13.1 Å². The lowest BCUT2D eigenvalue weighted by Crippen LogP contribution is -2.41. The Bertz CT molecular complexity index is 712. The zero-order chi connectivity index (χ0) is 18.4. The molecule has 0 spiro atoms. The normalized spacial score (nSPS) is 16.5. The number of pyridine rings is 1. The summed E-state index contributed by atoms with van der Waals surface area (Å²) in [6.45, 7) is 1.17. The molecule has 0 radical (unpaired) electrons. The Labute approximate surface area is 154 Å². The van der Waals surface area contributed by atoms with E-state index >= 15 is 0 Å². The summed E-state index contributed by atoms with van der Waals surface area (Å²) in [5.41, 5.74) is 2.31. The van der Waals surface area contributed by atoms with Crippen molar-refractivity contribution in [3.05, 3.63) is 65.5 Å². The third kappa shape index (κ3) is 4.68. The Morgan fingerprint density at radius 2 is 1.88 bits per heavy atom. The lowest BCUT2D eigenvalue weighted by molar-refractivity contribution is 0.0433. The number of nitrogens with zero attached hydrogens (tertiary/aromatic N) is 2. The molecule has 26 heavy (non-hydrogen) atoms. The topological polar surface area (TPSA) is 73.7 Å². The van der Waals surface area contributed by atoms with Crippen molar-refractivity contribution < 1.29 is 15.0 Å². The van der Waals surface area contributed by atoms with Crippen LogP contribution in [0.1, 0.15) is 40.9 Å². The van der Waals surface area contributed by atoms with Gasteiger partial charge in [0.25, 0.3) is 5.91 Å². The average Bonchev–Trinajstić information content (AvgIpc) is 2.72. The van der Waals surface area contributed by atoms with E-state index in [0.717, 1.165) is 25.7 Å². The Hall–Kier alpha value is -2.24. The summed E-state index contributed by atoms with van der Waals surface area (Å²) in [6, 6.07) is 13.5. The highest BCUT2D eigenvalue weighted by atomic mass is 16.3. The van der Waals surface area contributed by atoms with E-state index in [1.807, 2.05) is 18.2 Å². The summed E-state index contributed by atoms with van der Waals surface area (Å²) in [5, 5.41) is 19.7. The van der Waals surface area contributed by atoms with Crippen LogP contribution < -0.4 is 0 Å². The van der Waals surface area contributed by atoms with Crippen LogP contribution in [0, 0.1) is 5.92 Å². The highest BCUT2D eigenvalue weighted by Gasteiger charge is 2.28. The first-order chi connectivity index (χ1) is 12.7. The number of carbonyl (C=O) groups is 1. The van der Waals surface area contributed by atoms with E-state index in [-0.39, 0.29) is 24.5 Å². The van der Waals surface area contributed by atoms with Gasteiger partial charge in [0.1, 0.15) is 5.69 Å². The summed E-state index contributed by atoms with van der Waals surface area (Å²) in [7, 11) is 0. The Morgan fingerprint density at radius 3 is 2.58 bits per heavy atom. The number of hydrogen-bond acceptors (Lipinski definition) is 4. The van der Waals surface area contributed by atoms with Gasteiger partial charge in [0.2, 0.25) is 0 Å². The lowest BCUT2D eigenvalue weighted by Gasteiger charge is -2.34. The number of rotatable bonds is 6. The van der Waals surface area contributed by atoms with Crippen molar-refractivity contribution in [3.63, 3.8) is 0 Å². The van der Waals surface area contributed by atoms with Gasteiger partial charge in [-0.05, 0) is 54.9 Å². The molecule has 1 aromatic carbocycles. The number of benzene rings is 1. The number of aliphatic hydroxyl groups is 2. The van der Waals surface area contributed by atoms with Crippen LogP contribution >= 0.6 is 0 Å². The van der Waals surface area contributed by atoms with Crippen molar-refractivity contribution in [2.24, 2.45) is 5.92 Å². The first-order valence-corrected chi connectivity index (χ1v) is 9.24. The van der Waals surface area contributed by atoms with E-state index < -0.39 is 0 Å². The first kappa shape index (κ1) is 18.5. The highest BCUT2D eigenvalue weighted by molar-refractivity contribution is 5.92. The Kier molecular flexibility index (Phi) is 6.36. The van der Waals surface area contributed by atoms with Gasteiger partial charge in [0.05, 0.1) is 12.7 Å². The van der Waals surface area contributed by atoms with Gasteiger partial charge in [-0.2, -0.15) is 0 Å². The molecule has 5 heteroatoms. The zero-order valence-electron chi connectivity index (χ0n) is 14.9. The standard InChI is InChI=1S/C21H26N2O3/c24-15-17-8-11-22-19(14-17)21(26)23-12-9-18(10-13-23)20(25)7-6-16-4-2-1-3-5-16/h1-5,8,11,14,18,20,24-25H,6-7,9-10,12-13,15H2/t20-/m1/s1. The fourth-order valence-corrected chi connectivity index (χ4v) is 3.53. The van der Waals surface area contributed by atoms with Gasteiger partial charge in [0, 0.05) is 19.3 Å². The minimum atomic E-state index is -0.330. The van der Waals surface area contributed by atoms with Crippen LogP contribution in [-0.2, 0) is 13.0 Å². The minimum absolute atomic E-state index is 0.0987. The second-order valence-corrected chi connectivity index (χ2v) is 6.93. The Balaban J connectivity index is 1.49. The number of likely N-dealkylation sites (tertiary alicyclic amines) is 1. The molecule has 1 aliphatic heterocycles. The number of aromatic nitrogens is 1. The third-order valence-corrected chi connectivity index (χ3v) is 5.17. The molecule has 1 amide bonds. The number of aryl methyl sites for hydroxylation is 1. The number of carbonyl (C=O) groups excluding carboxylic acids is 1. The van der Waals surface area contributed by atoms with Crippen LogP contribution in [0.2, 0.25) is 0 Å². The molecule has 2 heterocycles. The summed E-state index contributed by atoms with van der Waals surface area (Å²) in [5.74, 6) is 0.136. The van der Waals surface area contributed by atoms with Gasteiger partial charge >= 0.3 is 0 Å². The molecule has 1 fully saturated rings. The van der Waals surface area contributed by atoms with E-state index in [9.17, 15) is 15.0 Å². The maximum atomic E-state index is 12.6. The van der Waals surface area contributed by atoms with Crippen LogP contribution in [0.3, 0.4) is 0 Å². The summed E-state index contributed by atoms with van der Waals surface area (Å²) in [6.07, 6.45) is 4.46. The molecule has 1 aromatic heterocycles. The van der Waals surface area contributed by atoms with Crippen LogP contribution in [0.15, 0.2) is 48.7 Å². The van der Waals surface area contributed by atoms with Gasteiger partial charge < -0.3 is 15.1 Å². The maximum Gasteiger partial charge on any atom is 0.272 e. The molecular formula is C21H26N2O3. The van der Waals surface area contributed by atoms with Gasteiger partial charge in [0.15, 0.2) is 0 Å². The van der Waals surface area contributed by atoms with Gasteiger partial charge in [-0.25, -0.2) is 0 Å². The quantitative estimate of drug-likeness (QED) is 0.836. The molecular weight excluding hydrogens is 328 g/mol. The molecule has 1 aliphatic rings. The number of aliphatic hydroxyl groups excluding tert-OH is 2. The van der Waals surface area contributed by atoms with Crippen LogP contribution in [0.5, 0.6) is 0 Å². The van der Waals surface area contributed by atoms with Crippen LogP contribution in [0.4, 0.5) is 0 Å². The van der Waals surface area contributed by atoms with Gasteiger partial charge in [-0.1, -0.05) is 30.3 Å². The van der Waals surface area contributed by atoms with Crippen molar-refractivity contribution >= 4 is 5.91 Å². The second kappa shape index (κ2) is 8.92. The SMILES string of the molecule is O=C(c1cc(CO)ccn1)N1CCC([C@H](O)CCc2ccccc2)CC1. The lowest BCUT2D eigenvalue weighted by atomic mass is 9.88. The third-order valence-electron chi connectivity index (χ3n) is 5.17. The molecule has 1 saturated heterocycles. The molecule has 3 rings (SSSR count).